The molecule has 0 heterocycles. The predicted octanol–water partition coefficient (Wildman–Crippen LogP) is 4.43. The van der Waals surface area contributed by atoms with Gasteiger partial charge in [0.05, 0.1) is 11.0 Å². The number of rotatable bonds is 8. The van der Waals surface area contributed by atoms with Gasteiger partial charge in [-0.3, -0.25) is 14.9 Å². The third-order valence-electron chi connectivity index (χ3n) is 3.74. The van der Waals surface area contributed by atoms with E-state index >= 15 is 0 Å². The van der Waals surface area contributed by atoms with Crippen LogP contribution in [0.2, 0.25) is 0 Å². The molecule has 1 unspecified atom stereocenters. The quantitative estimate of drug-likeness (QED) is 0.386. The van der Waals surface area contributed by atoms with Crippen LogP contribution >= 0.6 is 15.9 Å². The highest BCUT2D eigenvalue weighted by molar-refractivity contribution is 9.10. The molecule has 2 rings (SSSR count). The van der Waals surface area contributed by atoms with Crippen LogP contribution in [0.5, 0.6) is 0 Å². The highest BCUT2D eigenvalue weighted by Gasteiger charge is 2.11. The highest BCUT2D eigenvalue weighted by atomic mass is 79.9. The number of nitrogens with zero attached hydrogens (tertiary/aromatic N) is 1. The first kappa shape index (κ1) is 18.9. The Bertz CT molecular complexity index is 735. The van der Waals surface area contributed by atoms with Crippen LogP contribution in [0.3, 0.4) is 0 Å². The van der Waals surface area contributed by atoms with Crippen LogP contribution in [0, 0.1) is 10.1 Å². The van der Waals surface area contributed by atoms with Gasteiger partial charge in [-0.25, -0.2) is 0 Å². The van der Waals surface area contributed by atoms with Gasteiger partial charge in [0, 0.05) is 35.3 Å². The van der Waals surface area contributed by atoms with Gasteiger partial charge >= 0.3 is 0 Å². The van der Waals surface area contributed by atoms with Gasteiger partial charge in [0.2, 0.25) is 5.91 Å². The van der Waals surface area contributed by atoms with Crippen molar-refractivity contribution in [2.45, 2.75) is 25.8 Å². The van der Waals surface area contributed by atoms with Crippen molar-refractivity contribution in [2.24, 2.45) is 0 Å². The lowest BCUT2D eigenvalue weighted by atomic mass is 10.1. The van der Waals surface area contributed by atoms with Gasteiger partial charge in [-0.05, 0) is 37.1 Å². The molecule has 0 saturated heterocycles. The fourth-order valence-electron chi connectivity index (χ4n) is 2.40. The van der Waals surface area contributed by atoms with Crippen molar-refractivity contribution >= 4 is 33.2 Å². The van der Waals surface area contributed by atoms with Gasteiger partial charge in [0.15, 0.2) is 0 Å². The van der Waals surface area contributed by atoms with E-state index in [0.29, 0.717) is 19.4 Å². The Kier molecular flexibility index (Phi) is 6.94. The number of amides is 1. The number of anilines is 1. The van der Waals surface area contributed by atoms with E-state index in [1.165, 1.54) is 12.1 Å². The van der Waals surface area contributed by atoms with Crippen molar-refractivity contribution in [1.29, 1.82) is 0 Å². The normalized spacial score (nSPS) is 11.6. The lowest BCUT2D eigenvalue weighted by Crippen LogP contribution is -2.27. The number of hydrogen-bond acceptors (Lipinski definition) is 4. The third kappa shape index (κ3) is 5.86. The van der Waals surface area contributed by atoms with E-state index in [9.17, 15) is 14.9 Å². The minimum atomic E-state index is -0.430. The van der Waals surface area contributed by atoms with E-state index in [0.717, 1.165) is 15.7 Å². The van der Waals surface area contributed by atoms with Crippen molar-refractivity contribution in [2.75, 3.05) is 11.9 Å². The summed E-state index contributed by atoms with van der Waals surface area (Å²) in [4.78, 5) is 22.2. The van der Waals surface area contributed by atoms with Crippen LogP contribution < -0.4 is 10.6 Å². The molecule has 0 aromatic heterocycles. The number of non-ortho nitro benzene ring substituents is 1. The first-order valence-corrected chi connectivity index (χ1v) is 8.79. The zero-order chi connectivity index (χ0) is 18.2. The lowest BCUT2D eigenvalue weighted by molar-refractivity contribution is -0.384. The van der Waals surface area contributed by atoms with Gasteiger partial charge in [-0.15, -0.1) is 0 Å². The predicted molar refractivity (Wildman–Crippen MR) is 102 cm³/mol. The maximum Gasteiger partial charge on any atom is 0.269 e. The molecule has 1 amide bonds. The van der Waals surface area contributed by atoms with E-state index in [4.69, 9.17) is 0 Å². The number of nitrogens with one attached hydrogen (secondary N) is 2. The molecule has 25 heavy (non-hydrogen) atoms. The molecule has 0 radical (unpaired) electrons. The van der Waals surface area contributed by atoms with Crippen LogP contribution in [-0.2, 0) is 4.79 Å². The summed E-state index contributed by atoms with van der Waals surface area (Å²) in [5, 5.41) is 16.7. The van der Waals surface area contributed by atoms with Crippen LogP contribution in [0.4, 0.5) is 11.4 Å². The average Bonchev–Trinajstić information content (AvgIpc) is 2.59. The molecule has 0 spiro atoms. The van der Waals surface area contributed by atoms with Crippen molar-refractivity contribution in [3.05, 3.63) is 68.7 Å². The fraction of sp³-hybridized carbons (Fsp3) is 0.278. The molecule has 0 fully saturated rings. The summed E-state index contributed by atoms with van der Waals surface area (Å²) in [6.07, 6.45) is 1.08. The Morgan fingerprint density at radius 3 is 2.52 bits per heavy atom. The Hall–Kier alpha value is -2.41. The molecule has 0 aliphatic heterocycles. The number of hydrogen-bond donors (Lipinski definition) is 2. The highest BCUT2D eigenvalue weighted by Crippen LogP contribution is 2.22. The second kappa shape index (κ2) is 9.17. The molecule has 0 saturated carbocycles. The monoisotopic (exact) mass is 405 g/mol. The number of halogens is 1. The maximum atomic E-state index is 12.0. The first-order valence-electron chi connectivity index (χ1n) is 7.99. The van der Waals surface area contributed by atoms with Crippen molar-refractivity contribution in [1.82, 2.24) is 5.32 Å². The van der Waals surface area contributed by atoms with Crippen LogP contribution in [0.25, 0.3) is 0 Å². The lowest BCUT2D eigenvalue weighted by Gasteiger charge is -2.16. The van der Waals surface area contributed by atoms with E-state index < -0.39 is 4.92 Å². The van der Waals surface area contributed by atoms with Gasteiger partial charge in [0.25, 0.3) is 5.69 Å². The van der Waals surface area contributed by atoms with E-state index in [1.807, 2.05) is 31.2 Å². The third-order valence-corrected chi connectivity index (χ3v) is 4.46. The number of carbonyl (C=O) groups is 1. The number of nitro benzene ring substituents is 1. The van der Waals surface area contributed by atoms with Crippen LogP contribution in [0.15, 0.2) is 53.0 Å². The molecule has 0 aliphatic carbocycles. The molecule has 2 aromatic rings. The smallest absolute Gasteiger partial charge is 0.269 e. The zero-order valence-electron chi connectivity index (χ0n) is 13.9. The van der Waals surface area contributed by atoms with E-state index in [1.54, 1.807) is 12.1 Å². The van der Waals surface area contributed by atoms with Crippen molar-refractivity contribution in [3.8, 4) is 0 Å². The van der Waals surface area contributed by atoms with Gasteiger partial charge in [-0.1, -0.05) is 34.1 Å². The largest absolute Gasteiger partial charge is 0.385 e. The Labute approximate surface area is 154 Å². The molecule has 7 heteroatoms. The molecule has 2 N–H and O–H groups in total. The van der Waals surface area contributed by atoms with Gasteiger partial charge in [-0.2, -0.15) is 0 Å². The van der Waals surface area contributed by atoms with E-state index in [2.05, 4.69) is 26.6 Å². The summed E-state index contributed by atoms with van der Waals surface area (Å²) in [7, 11) is 0. The summed E-state index contributed by atoms with van der Waals surface area (Å²) in [5.41, 5.74) is 1.90. The van der Waals surface area contributed by atoms with Gasteiger partial charge < -0.3 is 10.6 Å². The minimum Gasteiger partial charge on any atom is -0.385 e. The van der Waals surface area contributed by atoms with Crippen molar-refractivity contribution in [3.63, 3.8) is 0 Å². The molecular weight excluding hydrogens is 386 g/mol. The standard InChI is InChI=1S/C18H20BrN3O3/c1-13(16-5-2-3-6-17(16)19)21-18(23)7-4-12-20-14-8-10-15(11-9-14)22(24)25/h2-3,5-6,8-11,13,20H,4,7,12H2,1H3,(H,21,23). The number of carbonyl (C=O) groups excluding carboxylic acids is 1. The second-order valence-corrected chi connectivity index (χ2v) is 6.50. The molecule has 132 valence electrons. The Balaban J connectivity index is 1.71. The second-order valence-electron chi connectivity index (χ2n) is 5.65. The number of benzene rings is 2. The fourth-order valence-corrected chi connectivity index (χ4v) is 3.03. The van der Waals surface area contributed by atoms with Gasteiger partial charge in [0.1, 0.15) is 0 Å². The topological polar surface area (TPSA) is 84.3 Å². The average molecular weight is 406 g/mol. The Morgan fingerprint density at radius 1 is 1.20 bits per heavy atom. The zero-order valence-corrected chi connectivity index (χ0v) is 15.5. The minimum absolute atomic E-state index is 0.00578. The Morgan fingerprint density at radius 2 is 1.88 bits per heavy atom. The van der Waals surface area contributed by atoms with E-state index in [-0.39, 0.29) is 17.6 Å². The molecule has 2 aromatic carbocycles. The molecule has 6 nitrogen and oxygen atoms in total. The summed E-state index contributed by atoms with van der Waals surface area (Å²) >= 11 is 3.49. The summed E-state index contributed by atoms with van der Waals surface area (Å²) < 4.78 is 0.975. The SMILES string of the molecule is CC(NC(=O)CCCNc1ccc([N+](=O)[O-])cc1)c1ccccc1Br. The van der Waals surface area contributed by atoms with Crippen LogP contribution in [-0.4, -0.2) is 17.4 Å². The van der Waals surface area contributed by atoms with Crippen LogP contribution in [0.1, 0.15) is 31.4 Å². The molecular formula is C18H20BrN3O3. The molecule has 0 bridgehead atoms. The summed E-state index contributed by atoms with van der Waals surface area (Å²) in [5.74, 6) is -0.00578. The summed E-state index contributed by atoms with van der Waals surface area (Å²) in [6, 6.07) is 14.0. The first-order chi connectivity index (χ1) is 12.0. The summed E-state index contributed by atoms with van der Waals surface area (Å²) in [6.45, 7) is 2.57. The van der Waals surface area contributed by atoms with Crippen molar-refractivity contribution < 1.29 is 9.72 Å². The maximum absolute atomic E-state index is 12.0. The number of nitro groups is 1. The molecule has 1 atom stereocenters. The molecule has 0 aliphatic rings.